The lowest BCUT2D eigenvalue weighted by molar-refractivity contribution is -0.114. The Morgan fingerprint density at radius 1 is 1.12 bits per heavy atom. The number of rotatable bonds is 6. The molecule has 2 rings (SSSR count). The fraction of sp³-hybridized carbons (Fsp3) is 0.235. The van der Waals surface area contributed by atoms with Crippen LogP contribution in [0, 0.1) is 11.6 Å². The van der Waals surface area contributed by atoms with Crippen molar-refractivity contribution in [3.05, 3.63) is 53.6 Å². The molecule has 2 aromatic carbocycles. The number of amides is 1. The van der Waals surface area contributed by atoms with E-state index in [-0.39, 0.29) is 22.1 Å². The highest BCUT2D eigenvalue weighted by atomic mass is 32.2. The molecule has 0 aliphatic heterocycles. The van der Waals surface area contributed by atoms with E-state index in [0.29, 0.717) is 5.69 Å². The first-order valence-electron chi connectivity index (χ1n) is 7.57. The number of hydrogen-bond donors (Lipinski definition) is 2. The average Bonchev–Trinajstić information content (AvgIpc) is 2.56. The van der Waals surface area contributed by atoms with Crippen LogP contribution < -0.4 is 14.8 Å². The Kier molecular flexibility index (Phi) is 5.94. The van der Waals surface area contributed by atoms with Crippen LogP contribution in [0.1, 0.15) is 25.5 Å². The summed E-state index contributed by atoms with van der Waals surface area (Å²) < 4.78 is 58.9. The molecule has 140 valence electrons. The molecule has 1 atom stereocenters. The Hall–Kier alpha value is -2.52. The summed E-state index contributed by atoms with van der Waals surface area (Å²) in [7, 11) is -2.63. The van der Waals surface area contributed by atoms with E-state index in [2.05, 4.69) is 10.0 Å². The fourth-order valence-electron chi connectivity index (χ4n) is 2.28. The van der Waals surface area contributed by atoms with Crippen LogP contribution in [-0.2, 0) is 14.8 Å². The van der Waals surface area contributed by atoms with E-state index < -0.39 is 27.7 Å². The summed E-state index contributed by atoms with van der Waals surface area (Å²) >= 11 is 0. The van der Waals surface area contributed by atoms with E-state index in [4.69, 9.17) is 4.74 Å². The molecule has 0 aliphatic rings. The van der Waals surface area contributed by atoms with E-state index in [1.807, 2.05) is 0 Å². The van der Waals surface area contributed by atoms with Crippen molar-refractivity contribution in [2.45, 2.75) is 24.8 Å². The van der Waals surface area contributed by atoms with Gasteiger partial charge in [0.2, 0.25) is 15.9 Å². The standard InChI is InChI=1S/C17H18F2N2O4S/c1-10(12-4-6-14(18)15(19)8-12)21-26(23,24)13-5-7-16(20-11(2)22)17(9-13)25-3/h4-10,21H,1-3H3,(H,20,22)/t10-/m1/s1. The molecular formula is C17H18F2N2O4S. The fourth-order valence-corrected chi connectivity index (χ4v) is 3.53. The van der Waals surface area contributed by atoms with Gasteiger partial charge in [-0.2, -0.15) is 0 Å². The molecule has 26 heavy (non-hydrogen) atoms. The van der Waals surface area contributed by atoms with E-state index in [1.54, 1.807) is 0 Å². The molecule has 2 aromatic rings. The first-order valence-corrected chi connectivity index (χ1v) is 9.05. The summed E-state index contributed by atoms with van der Waals surface area (Å²) in [5.41, 5.74) is 0.599. The van der Waals surface area contributed by atoms with Gasteiger partial charge in [0.1, 0.15) is 5.75 Å². The lowest BCUT2D eigenvalue weighted by atomic mass is 10.1. The highest BCUT2D eigenvalue weighted by Crippen LogP contribution is 2.28. The number of ether oxygens (including phenoxy) is 1. The Balaban J connectivity index is 2.28. The van der Waals surface area contributed by atoms with Gasteiger partial charge in [0.25, 0.3) is 0 Å². The molecule has 0 aliphatic carbocycles. The monoisotopic (exact) mass is 384 g/mol. The molecule has 2 N–H and O–H groups in total. The first-order chi connectivity index (χ1) is 12.1. The molecule has 0 aromatic heterocycles. The number of methoxy groups -OCH3 is 1. The van der Waals surface area contributed by atoms with Gasteiger partial charge in [-0.1, -0.05) is 6.07 Å². The molecule has 9 heteroatoms. The molecule has 0 bridgehead atoms. The normalized spacial score (nSPS) is 12.5. The predicted molar refractivity (Wildman–Crippen MR) is 92.4 cm³/mol. The summed E-state index contributed by atoms with van der Waals surface area (Å²) in [5.74, 6) is -2.23. The van der Waals surface area contributed by atoms with Crippen LogP contribution in [0.2, 0.25) is 0 Å². The molecule has 6 nitrogen and oxygen atoms in total. The third kappa shape index (κ3) is 4.55. The minimum Gasteiger partial charge on any atom is -0.495 e. The van der Waals surface area contributed by atoms with Crippen molar-refractivity contribution in [1.82, 2.24) is 4.72 Å². The van der Waals surface area contributed by atoms with Crippen molar-refractivity contribution in [1.29, 1.82) is 0 Å². The van der Waals surface area contributed by atoms with Gasteiger partial charge in [-0.25, -0.2) is 21.9 Å². The molecule has 0 saturated heterocycles. The number of halogens is 2. The third-order valence-electron chi connectivity index (χ3n) is 3.57. The minimum atomic E-state index is -3.97. The zero-order valence-electron chi connectivity index (χ0n) is 14.3. The van der Waals surface area contributed by atoms with Crippen molar-refractivity contribution < 1.29 is 26.7 Å². The largest absolute Gasteiger partial charge is 0.495 e. The summed E-state index contributed by atoms with van der Waals surface area (Å²) in [6, 6.07) is 6.32. The molecule has 0 saturated carbocycles. The van der Waals surface area contributed by atoms with Gasteiger partial charge < -0.3 is 10.1 Å². The van der Waals surface area contributed by atoms with Gasteiger partial charge in [-0.3, -0.25) is 4.79 Å². The van der Waals surface area contributed by atoms with Gasteiger partial charge in [0.15, 0.2) is 11.6 Å². The quantitative estimate of drug-likeness (QED) is 0.802. The minimum absolute atomic E-state index is 0.0992. The zero-order chi connectivity index (χ0) is 19.5. The summed E-state index contributed by atoms with van der Waals surface area (Å²) in [5, 5.41) is 2.52. The van der Waals surface area contributed by atoms with Crippen molar-refractivity contribution in [2.75, 3.05) is 12.4 Å². The number of hydrogen-bond acceptors (Lipinski definition) is 4. The number of carbonyl (C=O) groups excluding carboxylic acids is 1. The van der Waals surface area contributed by atoms with E-state index >= 15 is 0 Å². The van der Waals surface area contributed by atoms with Crippen molar-refractivity contribution in [3.8, 4) is 5.75 Å². The maximum atomic E-state index is 13.3. The highest BCUT2D eigenvalue weighted by Gasteiger charge is 2.21. The van der Waals surface area contributed by atoms with Gasteiger partial charge in [-0.05, 0) is 36.8 Å². The SMILES string of the molecule is COc1cc(S(=O)(=O)N[C@H](C)c2ccc(F)c(F)c2)ccc1NC(C)=O. The first kappa shape index (κ1) is 19.8. The van der Waals surface area contributed by atoms with Crippen molar-refractivity contribution in [3.63, 3.8) is 0 Å². The van der Waals surface area contributed by atoms with Gasteiger partial charge in [0, 0.05) is 19.0 Å². The molecule has 1 amide bonds. The van der Waals surface area contributed by atoms with Crippen molar-refractivity contribution in [2.24, 2.45) is 0 Å². The Morgan fingerprint density at radius 2 is 1.81 bits per heavy atom. The van der Waals surface area contributed by atoms with Crippen LogP contribution in [0.3, 0.4) is 0 Å². The average molecular weight is 384 g/mol. The second-order valence-corrected chi connectivity index (χ2v) is 7.27. The van der Waals surface area contributed by atoms with Crippen molar-refractivity contribution >= 4 is 21.6 Å². The molecule has 0 radical (unpaired) electrons. The summed E-state index contributed by atoms with van der Waals surface area (Å²) in [4.78, 5) is 11.1. The molecule has 0 spiro atoms. The lowest BCUT2D eigenvalue weighted by Gasteiger charge is -2.16. The molecule has 0 unspecified atom stereocenters. The maximum Gasteiger partial charge on any atom is 0.241 e. The third-order valence-corrected chi connectivity index (χ3v) is 5.11. The van der Waals surface area contributed by atoms with Crippen LogP contribution in [-0.4, -0.2) is 21.4 Å². The molecule has 0 fully saturated rings. The van der Waals surface area contributed by atoms with Gasteiger partial charge in [0.05, 0.1) is 17.7 Å². The molecular weight excluding hydrogens is 366 g/mol. The second kappa shape index (κ2) is 7.79. The van der Waals surface area contributed by atoms with Crippen LogP contribution >= 0.6 is 0 Å². The van der Waals surface area contributed by atoms with Gasteiger partial charge >= 0.3 is 0 Å². The number of anilines is 1. The Labute approximate surface area is 150 Å². The number of nitrogens with one attached hydrogen (secondary N) is 2. The zero-order valence-corrected chi connectivity index (χ0v) is 15.2. The maximum absolute atomic E-state index is 13.3. The number of benzene rings is 2. The van der Waals surface area contributed by atoms with Crippen LogP contribution in [0.15, 0.2) is 41.3 Å². The lowest BCUT2D eigenvalue weighted by Crippen LogP contribution is -2.27. The second-order valence-electron chi connectivity index (χ2n) is 5.56. The summed E-state index contributed by atoms with van der Waals surface area (Å²) in [6.07, 6.45) is 0. The summed E-state index contributed by atoms with van der Waals surface area (Å²) in [6.45, 7) is 2.82. The topological polar surface area (TPSA) is 84.5 Å². The number of carbonyl (C=O) groups is 1. The van der Waals surface area contributed by atoms with Gasteiger partial charge in [-0.15, -0.1) is 0 Å². The van der Waals surface area contributed by atoms with Crippen LogP contribution in [0.25, 0.3) is 0 Å². The predicted octanol–water partition coefficient (Wildman–Crippen LogP) is 2.97. The Bertz CT molecular complexity index is 932. The van der Waals surface area contributed by atoms with Crippen LogP contribution in [0.4, 0.5) is 14.5 Å². The van der Waals surface area contributed by atoms with E-state index in [0.717, 1.165) is 12.1 Å². The number of sulfonamides is 1. The van der Waals surface area contributed by atoms with E-state index in [9.17, 15) is 22.0 Å². The highest BCUT2D eigenvalue weighted by molar-refractivity contribution is 7.89. The Morgan fingerprint density at radius 3 is 2.38 bits per heavy atom. The molecule has 0 heterocycles. The smallest absolute Gasteiger partial charge is 0.241 e. The van der Waals surface area contributed by atoms with E-state index in [1.165, 1.54) is 45.2 Å². The van der Waals surface area contributed by atoms with Crippen LogP contribution in [0.5, 0.6) is 5.75 Å².